The molecule has 4 aliphatic rings. The van der Waals surface area contributed by atoms with Crippen molar-refractivity contribution in [3.63, 3.8) is 0 Å². The topological polar surface area (TPSA) is 67.9 Å². The lowest BCUT2D eigenvalue weighted by atomic mass is 9.82. The van der Waals surface area contributed by atoms with Gasteiger partial charge in [0.2, 0.25) is 0 Å². The van der Waals surface area contributed by atoms with Crippen molar-refractivity contribution in [1.82, 2.24) is 14.4 Å². The number of ether oxygens (including phenoxy) is 1. The third-order valence-corrected chi connectivity index (χ3v) is 7.45. The van der Waals surface area contributed by atoms with Gasteiger partial charge in [0.15, 0.2) is 0 Å². The number of amides is 1. The number of aromatic nitrogens is 1. The molecule has 3 fully saturated rings. The van der Waals surface area contributed by atoms with Crippen molar-refractivity contribution < 1.29 is 13.9 Å². The molecule has 6 rings (SSSR count). The van der Waals surface area contributed by atoms with Crippen molar-refractivity contribution >= 4 is 5.91 Å². The van der Waals surface area contributed by atoms with E-state index in [9.17, 15) is 9.59 Å². The van der Waals surface area contributed by atoms with E-state index in [2.05, 4.69) is 11.0 Å². The number of hydrogen-bond donors (Lipinski definition) is 0. The van der Waals surface area contributed by atoms with Gasteiger partial charge in [0, 0.05) is 55.9 Å². The van der Waals surface area contributed by atoms with Gasteiger partial charge >= 0.3 is 0 Å². The zero-order chi connectivity index (χ0) is 20.4. The fraction of sp³-hybridized carbons (Fsp3) is 0.565. The minimum absolute atomic E-state index is 0.0367. The van der Waals surface area contributed by atoms with Crippen LogP contribution in [0.2, 0.25) is 0 Å². The summed E-state index contributed by atoms with van der Waals surface area (Å²) in [6.07, 6.45) is 4.05. The van der Waals surface area contributed by atoms with Crippen molar-refractivity contribution in [3.8, 4) is 0 Å². The molecule has 7 heteroatoms. The fourth-order valence-electron chi connectivity index (χ4n) is 5.95. The van der Waals surface area contributed by atoms with Gasteiger partial charge in [-0.3, -0.25) is 14.5 Å². The molecule has 1 amide bonds. The van der Waals surface area contributed by atoms with Crippen LogP contribution in [-0.2, 0) is 17.8 Å². The van der Waals surface area contributed by atoms with E-state index in [-0.39, 0.29) is 17.4 Å². The van der Waals surface area contributed by atoms with E-state index in [0.717, 1.165) is 37.3 Å². The van der Waals surface area contributed by atoms with E-state index in [0.29, 0.717) is 55.6 Å². The van der Waals surface area contributed by atoms with Crippen LogP contribution < -0.4 is 5.56 Å². The SMILES string of the molecule is Cc1occc1C(=O)N1C[C@@H]2C[C@H](C1)c1ccc(CN3C[C@H]4C[C@@H]3CO4)c(=O)n1C2. The molecule has 158 valence electrons. The maximum absolute atomic E-state index is 13.3. The van der Waals surface area contributed by atoms with E-state index in [1.807, 2.05) is 22.5 Å². The molecule has 4 aliphatic heterocycles. The number of carbonyl (C=O) groups excluding carboxylic acids is 1. The van der Waals surface area contributed by atoms with Crippen molar-refractivity contribution in [2.45, 2.75) is 50.9 Å². The number of pyridine rings is 1. The highest BCUT2D eigenvalue weighted by molar-refractivity contribution is 5.95. The summed E-state index contributed by atoms with van der Waals surface area (Å²) in [7, 11) is 0. The molecule has 0 aromatic carbocycles. The monoisotopic (exact) mass is 409 g/mol. The molecule has 6 heterocycles. The molecule has 0 aliphatic carbocycles. The zero-order valence-corrected chi connectivity index (χ0v) is 17.3. The van der Waals surface area contributed by atoms with Gasteiger partial charge in [0.25, 0.3) is 11.5 Å². The number of piperidine rings is 1. The molecule has 0 saturated carbocycles. The molecular weight excluding hydrogens is 382 g/mol. The van der Waals surface area contributed by atoms with Crippen molar-refractivity contribution in [3.05, 3.63) is 57.4 Å². The van der Waals surface area contributed by atoms with Crippen LogP contribution in [0.15, 0.2) is 33.7 Å². The summed E-state index contributed by atoms with van der Waals surface area (Å²) in [6.45, 7) is 6.32. The van der Waals surface area contributed by atoms with Gasteiger partial charge in [0.05, 0.1) is 24.5 Å². The highest BCUT2D eigenvalue weighted by Gasteiger charge is 2.40. The molecular formula is C23H27N3O4. The minimum Gasteiger partial charge on any atom is -0.469 e. The number of aryl methyl sites for hydroxylation is 1. The lowest BCUT2D eigenvalue weighted by Crippen LogP contribution is -2.49. The van der Waals surface area contributed by atoms with Crippen LogP contribution in [0.3, 0.4) is 0 Å². The standard InChI is InChI=1S/C23H27N3O4/c1-14-20(4-5-29-14)23(28)25-8-15-6-17(11-25)21-3-2-16(22(27)26(21)9-15)10-24-12-19-7-18(24)13-30-19/h2-5,15,17-19H,6-13H2,1H3/t15-,17+,18+,19+/m0/s1. The Bertz CT molecular complexity index is 1060. The second kappa shape index (κ2) is 6.82. The number of rotatable bonds is 3. The Morgan fingerprint density at radius 2 is 2.03 bits per heavy atom. The number of morpholine rings is 1. The smallest absolute Gasteiger partial charge is 0.257 e. The molecule has 4 atom stereocenters. The Morgan fingerprint density at radius 3 is 2.77 bits per heavy atom. The average molecular weight is 409 g/mol. The highest BCUT2D eigenvalue weighted by atomic mass is 16.5. The quantitative estimate of drug-likeness (QED) is 0.776. The Labute approximate surface area is 175 Å². The molecule has 0 N–H and O–H groups in total. The molecule has 2 aromatic heterocycles. The molecule has 3 saturated heterocycles. The first-order chi connectivity index (χ1) is 14.6. The predicted octanol–water partition coefficient (Wildman–Crippen LogP) is 1.98. The van der Waals surface area contributed by atoms with Gasteiger partial charge in [-0.25, -0.2) is 0 Å². The van der Waals surface area contributed by atoms with Gasteiger partial charge in [-0.2, -0.15) is 0 Å². The molecule has 2 aromatic rings. The van der Waals surface area contributed by atoms with Crippen molar-refractivity contribution in [2.75, 3.05) is 26.2 Å². The second-order valence-corrected chi connectivity index (χ2v) is 9.37. The molecule has 4 bridgehead atoms. The van der Waals surface area contributed by atoms with Crippen LogP contribution in [0.1, 0.15) is 46.1 Å². The Morgan fingerprint density at radius 1 is 1.13 bits per heavy atom. The highest BCUT2D eigenvalue weighted by Crippen LogP contribution is 2.36. The van der Waals surface area contributed by atoms with Crippen LogP contribution in [0.5, 0.6) is 0 Å². The number of carbonyl (C=O) groups is 1. The number of furan rings is 1. The van der Waals surface area contributed by atoms with E-state index in [4.69, 9.17) is 9.15 Å². The van der Waals surface area contributed by atoms with E-state index < -0.39 is 0 Å². The first kappa shape index (κ1) is 18.4. The van der Waals surface area contributed by atoms with Gasteiger partial charge in [0.1, 0.15) is 5.76 Å². The van der Waals surface area contributed by atoms with E-state index in [1.54, 1.807) is 12.3 Å². The Hall–Kier alpha value is -2.38. The lowest BCUT2D eigenvalue weighted by molar-refractivity contribution is 0.0270. The predicted molar refractivity (Wildman–Crippen MR) is 109 cm³/mol. The maximum Gasteiger partial charge on any atom is 0.257 e. The van der Waals surface area contributed by atoms with Gasteiger partial charge in [-0.05, 0) is 37.8 Å². The molecule has 7 nitrogen and oxygen atoms in total. The number of hydrogen-bond acceptors (Lipinski definition) is 5. The van der Waals surface area contributed by atoms with Crippen LogP contribution in [0, 0.1) is 12.8 Å². The summed E-state index contributed by atoms with van der Waals surface area (Å²) in [4.78, 5) is 30.6. The summed E-state index contributed by atoms with van der Waals surface area (Å²) in [5, 5.41) is 0. The number of likely N-dealkylation sites (tertiary alicyclic amines) is 2. The lowest BCUT2D eigenvalue weighted by Gasteiger charge is -2.43. The first-order valence-corrected chi connectivity index (χ1v) is 11.0. The van der Waals surface area contributed by atoms with Crippen molar-refractivity contribution in [2.24, 2.45) is 5.92 Å². The Balaban J connectivity index is 1.24. The number of nitrogens with zero attached hydrogens (tertiary/aromatic N) is 3. The van der Waals surface area contributed by atoms with Gasteiger partial charge in [-0.1, -0.05) is 6.07 Å². The largest absolute Gasteiger partial charge is 0.469 e. The molecule has 0 unspecified atom stereocenters. The summed E-state index contributed by atoms with van der Waals surface area (Å²) >= 11 is 0. The van der Waals surface area contributed by atoms with Gasteiger partial charge in [-0.15, -0.1) is 0 Å². The molecule has 0 radical (unpaired) electrons. The summed E-state index contributed by atoms with van der Waals surface area (Å²) in [6, 6.07) is 6.35. The number of fused-ring (bicyclic) bond motifs is 6. The van der Waals surface area contributed by atoms with E-state index >= 15 is 0 Å². The average Bonchev–Trinajstić information content (AvgIpc) is 3.47. The summed E-state index contributed by atoms with van der Waals surface area (Å²) in [5.74, 6) is 1.23. The normalized spacial score (nSPS) is 30.0. The maximum atomic E-state index is 13.3. The second-order valence-electron chi connectivity index (χ2n) is 9.37. The summed E-state index contributed by atoms with van der Waals surface area (Å²) in [5.41, 5.74) is 2.75. The molecule has 0 spiro atoms. The van der Waals surface area contributed by atoms with Crippen LogP contribution in [0.25, 0.3) is 0 Å². The summed E-state index contributed by atoms with van der Waals surface area (Å²) < 4.78 is 13.0. The van der Waals surface area contributed by atoms with Crippen LogP contribution in [-0.4, -0.2) is 58.7 Å². The Kier molecular flexibility index (Phi) is 4.18. The van der Waals surface area contributed by atoms with Crippen molar-refractivity contribution in [1.29, 1.82) is 0 Å². The third-order valence-electron chi connectivity index (χ3n) is 7.45. The third kappa shape index (κ3) is 2.87. The molecule has 30 heavy (non-hydrogen) atoms. The fourth-order valence-corrected chi connectivity index (χ4v) is 5.95. The first-order valence-electron chi connectivity index (χ1n) is 11.0. The zero-order valence-electron chi connectivity index (χ0n) is 17.3. The van der Waals surface area contributed by atoms with Gasteiger partial charge < -0.3 is 18.6 Å². The van der Waals surface area contributed by atoms with E-state index in [1.165, 1.54) is 0 Å². The minimum atomic E-state index is 0.0367. The van der Waals surface area contributed by atoms with Crippen LogP contribution in [0.4, 0.5) is 0 Å². The van der Waals surface area contributed by atoms with Crippen LogP contribution >= 0.6 is 0 Å².